The van der Waals surface area contributed by atoms with Gasteiger partial charge in [-0.15, -0.1) is 0 Å². The van der Waals surface area contributed by atoms with Crippen LogP contribution >= 0.6 is 0 Å². The van der Waals surface area contributed by atoms with E-state index in [0.29, 0.717) is 6.42 Å². The Hall–Kier alpha value is -0.104. The van der Waals surface area contributed by atoms with Gasteiger partial charge in [-0.2, -0.15) is 0 Å². The Morgan fingerprint density at radius 3 is 1.57 bits per heavy atom. The van der Waals surface area contributed by atoms with Crippen LogP contribution in [0.4, 0.5) is 0 Å². The summed E-state index contributed by atoms with van der Waals surface area (Å²) in [5.74, 6) is -0.664. The van der Waals surface area contributed by atoms with E-state index in [2.05, 4.69) is 19.1 Å². The molecule has 4 nitrogen and oxygen atoms in total. The molecule has 0 saturated carbocycles. The molecular formula is C18H36MgO4. The fourth-order valence-corrected chi connectivity index (χ4v) is 2.35. The van der Waals surface area contributed by atoms with Crippen molar-refractivity contribution in [2.24, 2.45) is 0 Å². The van der Waals surface area contributed by atoms with Crippen LogP contribution in [-0.4, -0.2) is 45.1 Å². The zero-order valence-electron chi connectivity index (χ0n) is 15.0. The van der Waals surface area contributed by atoms with E-state index in [9.17, 15) is 4.79 Å². The molecule has 0 aromatic rings. The van der Waals surface area contributed by atoms with Crippen molar-refractivity contribution in [2.45, 2.75) is 96.8 Å². The maximum Gasteiger partial charge on any atom is 2.00 e. The molecule has 0 atom stereocenters. The van der Waals surface area contributed by atoms with E-state index in [1.807, 2.05) is 0 Å². The molecule has 5 heteroatoms. The molecule has 0 aliphatic rings. The van der Waals surface area contributed by atoms with Gasteiger partial charge in [-0.05, 0) is 32.1 Å². The number of hydrogen-bond acceptors (Lipinski definition) is 3. The van der Waals surface area contributed by atoms with E-state index < -0.39 is 5.97 Å². The number of unbranched alkanes of at least 4 members (excludes halogenated alkanes) is 11. The second-order valence-corrected chi connectivity index (χ2v) is 5.73. The van der Waals surface area contributed by atoms with Crippen LogP contribution in [0.3, 0.4) is 0 Å². The quantitative estimate of drug-likeness (QED) is 0.246. The van der Waals surface area contributed by atoms with Crippen molar-refractivity contribution in [3.8, 4) is 0 Å². The fourth-order valence-electron chi connectivity index (χ4n) is 2.35. The van der Waals surface area contributed by atoms with Crippen LogP contribution in [0.1, 0.15) is 96.8 Å². The van der Waals surface area contributed by atoms with Crippen LogP contribution in [0.25, 0.3) is 0 Å². The van der Waals surface area contributed by atoms with Gasteiger partial charge in [0, 0.05) is 6.42 Å². The van der Waals surface area contributed by atoms with E-state index in [1.54, 1.807) is 0 Å². The van der Waals surface area contributed by atoms with Gasteiger partial charge in [-0.25, -0.2) is 0 Å². The SMILES string of the molecule is CCCCCCCCC=CCCCCCCCC(=O)O.[Mg+2].[OH-].[OH-]. The zero-order valence-corrected chi connectivity index (χ0v) is 16.4. The molecule has 0 aliphatic carbocycles. The second-order valence-electron chi connectivity index (χ2n) is 5.73. The molecule has 134 valence electrons. The van der Waals surface area contributed by atoms with Gasteiger partial charge < -0.3 is 16.1 Å². The molecule has 0 rings (SSSR count). The van der Waals surface area contributed by atoms with Crippen molar-refractivity contribution in [1.29, 1.82) is 0 Å². The standard InChI is InChI=1S/C18H34O2.Mg.2H2O/c1-2-3-4-5-6-7-8-9-10-11-12-13-14-15-16-17-18(19)20;;;/h9-10H,2-8,11-17H2,1H3,(H,19,20);;2*1H2/q;+2;;/p-2. The molecule has 0 amide bonds. The van der Waals surface area contributed by atoms with E-state index in [-0.39, 0.29) is 34.0 Å². The van der Waals surface area contributed by atoms with Crippen molar-refractivity contribution in [2.75, 3.05) is 0 Å². The second kappa shape index (κ2) is 26.8. The van der Waals surface area contributed by atoms with Crippen molar-refractivity contribution in [3.63, 3.8) is 0 Å². The van der Waals surface area contributed by atoms with Gasteiger partial charge in [-0.3, -0.25) is 4.79 Å². The molecule has 3 N–H and O–H groups in total. The first-order valence-corrected chi connectivity index (χ1v) is 8.64. The topological polar surface area (TPSA) is 97.3 Å². The molecule has 0 saturated heterocycles. The number of allylic oxidation sites excluding steroid dienone is 2. The van der Waals surface area contributed by atoms with Crippen molar-refractivity contribution >= 4 is 29.0 Å². The summed E-state index contributed by atoms with van der Waals surface area (Å²) in [6.45, 7) is 2.26. The van der Waals surface area contributed by atoms with Crippen LogP contribution in [0.5, 0.6) is 0 Å². The third-order valence-corrected chi connectivity index (χ3v) is 3.65. The molecule has 23 heavy (non-hydrogen) atoms. The summed E-state index contributed by atoms with van der Waals surface area (Å²) in [4.78, 5) is 10.3. The van der Waals surface area contributed by atoms with Crippen LogP contribution in [0.15, 0.2) is 12.2 Å². The molecule has 0 aromatic heterocycles. The monoisotopic (exact) mass is 340 g/mol. The van der Waals surface area contributed by atoms with Crippen LogP contribution < -0.4 is 0 Å². The Morgan fingerprint density at radius 1 is 0.739 bits per heavy atom. The molecule has 0 bridgehead atoms. The Bertz CT molecular complexity index is 245. The van der Waals surface area contributed by atoms with Gasteiger partial charge in [0.2, 0.25) is 0 Å². The average molecular weight is 341 g/mol. The minimum absolute atomic E-state index is 0. The minimum Gasteiger partial charge on any atom is -0.870 e. The number of carboxylic acids is 1. The third kappa shape index (κ3) is 30.4. The number of aliphatic carboxylic acids is 1. The predicted octanol–water partition coefficient (Wildman–Crippen LogP) is 5.37. The number of carboxylic acid groups (broad SMARTS) is 1. The molecule has 0 aliphatic heterocycles. The number of carbonyl (C=O) groups is 1. The van der Waals surface area contributed by atoms with E-state index >= 15 is 0 Å². The van der Waals surface area contributed by atoms with Crippen molar-refractivity contribution in [1.82, 2.24) is 0 Å². The maximum absolute atomic E-state index is 10.3. The van der Waals surface area contributed by atoms with Gasteiger partial charge in [0.15, 0.2) is 0 Å². The summed E-state index contributed by atoms with van der Waals surface area (Å²) in [6, 6.07) is 0. The van der Waals surface area contributed by atoms with Crippen LogP contribution in [-0.2, 0) is 4.79 Å². The maximum atomic E-state index is 10.3. The molecular weight excluding hydrogens is 304 g/mol. The van der Waals surface area contributed by atoms with E-state index in [4.69, 9.17) is 5.11 Å². The summed E-state index contributed by atoms with van der Waals surface area (Å²) in [6.07, 6.45) is 21.2. The normalized spacial score (nSPS) is 9.78. The van der Waals surface area contributed by atoms with E-state index in [0.717, 1.165) is 12.8 Å². The predicted molar refractivity (Wildman–Crippen MR) is 96.7 cm³/mol. The van der Waals surface area contributed by atoms with Gasteiger partial charge >= 0.3 is 29.0 Å². The third-order valence-electron chi connectivity index (χ3n) is 3.65. The summed E-state index contributed by atoms with van der Waals surface area (Å²) in [5, 5.41) is 8.51. The molecule has 0 spiro atoms. The Kier molecular flexibility index (Phi) is 35.8. The minimum atomic E-state index is -0.664. The smallest absolute Gasteiger partial charge is 0.870 e. The van der Waals surface area contributed by atoms with Gasteiger partial charge in [0.25, 0.3) is 0 Å². The molecule has 0 aromatic carbocycles. The molecule has 0 radical (unpaired) electrons. The first-order valence-electron chi connectivity index (χ1n) is 8.64. The summed E-state index contributed by atoms with van der Waals surface area (Å²) in [7, 11) is 0. The molecule has 0 heterocycles. The van der Waals surface area contributed by atoms with Gasteiger partial charge in [0.05, 0.1) is 0 Å². The zero-order chi connectivity index (χ0) is 14.9. The molecule has 0 unspecified atom stereocenters. The van der Waals surface area contributed by atoms with E-state index in [1.165, 1.54) is 70.6 Å². The Balaban J connectivity index is -0.000000602. The van der Waals surface area contributed by atoms with Crippen molar-refractivity contribution in [3.05, 3.63) is 12.2 Å². The summed E-state index contributed by atoms with van der Waals surface area (Å²) >= 11 is 0. The Morgan fingerprint density at radius 2 is 1.13 bits per heavy atom. The first-order chi connectivity index (χ1) is 9.77. The summed E-state index contributed by atoms with van der Waals surface area (Å²) < 4.78 is 0. The van der Waals surface area contributed by atoms with Crippen molar-refractivity contribution < 1.29 is 20.9 Å². The van der Waals surface area contributed by atoms with Gasteiger partial charge in [0.1, 0.15) is 0 Å². The Labute approximate surface area is 158 Å². The summed E-state index contributed by atoms with van der Waals surface area (Å²) in [5.41, 5.74) is 0. The first kappa shape index (κ1) is 30.7. The molecule has 0 fully saturated rings. The van der Waals surface area contributed by atoms with Crippen LogP contribution in [0, 0.1) is 0 Å². The fraction of sp³-hybridized carbons (Fsp3) is 0.833. The largest absolute Gasteiger partial charge is 2.00 e. The number of hydrogen-bond donors (Lipinski definition) is 1. The van der Waals surface area contributed by atoms with Gasteiger partial charge in [-0.1, -0.05) is 70.4 Å². The average Bonchev–Trinajstić information content (AvgIpc) is 2.43. The van der Waals surface area contributed by atoms with Crippen LogP contribution in [0.2, 0.25) is 0 Å². The number of rotatable bonds is 15.